The van der Waals surface area contributed by atoms with E-state index in [-0.39, 0.29) is 0 Å². The topological polar surface area (TPSA) is 12.4 Å². The summed E-state index contributed by atoms with van der Waals surface area (Å²) in [6.07, 6.45) is 1.17. The van der Waals surface area contributed by atoms with Crippen LogP contribution in [-0.4, -0.2) is 12.3 Å². The van der Waals surface area contributed by atoms with Gasteiger partial charge >= 0.3 is 0 Å². The SMILES string of the molecule is CC(C)C1=NCCC(C(C)C)=C1C(C)C. The second kappa shape index (κ2) is 4.96. The molecule has 0 amide bonds. The molecule has 1 aliphatic heterocycles. The molecule has 1 heterocycles. The number of allylic oxidation sites excluding steroid dienone is 1. The highest BCUT2D eigenvalue weighted by atomic mass is 14.8. The molecule has 0 aromatic carbocycles. The maximum absolute atomic E-state index is 4.72. The van der Waals surface area contributed by atoms with Gasteiger partial charge in [-0.2, -0.15) is 0 Å². The molecule has 0 N–H and O–H groups in total. The zero-order valence-electron chi connectivity index (χ0n) is 11.1. The zero-order chi connectivity index (χ0) is 11.6. The largest absolute Gasteiger partial charge is 0.289 e. The number of dihydropyridines is 1. The minimum Gasteiger partial charge on any atom is -0.289 e. The van der Waals surface area contributed by atoms with Gasteiger partial charge in [0, 0.05) is 12.3 Å². The van der Waals surface area contributed by atoms with Crippen molar-refractivity contribution in [2.75, 3.05) is 6.54 Å². The molecule has 0 saturated heterocycles. The average molecular weight is 207 g/mol. The fraction of sp³-hybridized carbons (Fsp3) is 0.786. The Labute approximate surface area is 94.7 Å². The Morgan fingerprint density at radius 3 is 1.87 bits per heavy atom. The van der Waals surface area contributed by atoms with E-state index in [0.29, 0.717) is 17.8 Å². The van der Waals surface area contributed by atoms with Crippen molar-refractivity contribution in [1.29, 1.82) is 0 Å². The molecular weight excluding hydrogens is 182 g/mol. The Hall–Kier alpha value is -0.590. The minimum atomic E-state index is 0.566. The molecule has 1 heteroatoms. The van der Waals surface area contributed by atoms with Crippen molar-refractivity contribution in [3.05, 3.63) is 11.1 Å². The molecule has 0 radical (unpaired) electrons. The van der Waals surface area contributed by atoms with Gasteiger partial charge in [-0.05, 0) is 29.7 Å². The predicted octanol–water partition coefficient (Wildman–Crippen LogP) is 4.10. The van der Waals surface area contributed by atoms with Crippen LogP contribution in [-0.2, 0) is 0 Å². The van der Waals surface area contributed by atoms with E-state index in [2.05, 4.69) is 41.5 Å². The number of nitrogens with zero attached hydrogens (tertiary/aromatic N) is 1. The summed E-state index contributed by atoms with van der Waals surface area (Å²) in [5, 5.41) is 0. The van der Waals surface area contributed by atoms with E-state index >= 15 is 0 Å². The summed E-state index contributed by atoms with van der Waals surface area (Å²) >= 11 is 0. The first-order valence-electron chi connectivity index (χ1n) is 6.22. The summed E-state index contributed by atoms with van der Waals surface area (Å²) < 4.78 is 0. The lowest BCUT2D eigenvalue weighted by Crippen LogP contribution is -2.23. The fourth-order valence-electron chi connectivity index (χ4n) is 2.44. The molecule has 1 aliphatic rings. The molecule has 0 bridgehead atoms. The third-order valence-corrected chi connectivity index (χ3v) is 3.11. The summed E-state index contributed by atoms with van der Waals surface area (Å²) in [5.41, 5.74) is 4.55. The van der Waals surface area contributed by atoms with Crippen LogP contribution in [0.15, 0.2) is 16.1 Å². The zero-order valence-corrected chi connectivity index (χ0v) is 11.1. The summed E-state index contributed by atoms with van der Waals surface area (Å²) in [6.45, 7) is 14.7. The van der Waals surface area contributed by atoms with Crippen molar-refractivity contribution < 1.29 is 0 Å². The molecular formula is C14H25N. The second-order valence-corrected chi connectivity index (χ2v) is 5.42. The van der Waals surface area contributed by atoms with Gasteiger partial charge in [0.05, 0.1) is 0 Å². The summed E-state index contributed by atoms with van der Waals surface area (Å²) in [6, 6.07) is 0. The summed E-state index contributed by atoms with van der Waals surface area (Å²) in [4.78, 5) is 4.72. The standard InChI is InChI=1S/C14H25N/c1-9(2)12-7-8-15-14(11(5)6)13(12)10(3)4/h9-11H,7-8H2,1-6H3. The highest BCUT2D eigenvalue weighted by Crippen LogP contribution is 2.30. The molecule has 0 saturated carbocycles. The number of rotatable bonds is 3. The van der Waals surface area contributed by atoms with E-state index in [4.69, 9.17) is 4.99 Å². The maximum Gasteiger partial charge on any atom is 0.0430 e. The number of hydrogen-bond acceptors (Lipinski definition) is 1. The molecule has 15 heavy (non-hydrogen) atoms. The van der Waals surface area contributed by atoms with Crippen molar-refractivity contribution in [3.8, 4) is 0 Å². The smallest absolute Gasteiger partial charge is 0.0430 e. The monoisotopic (exact) mass is 207 g/mol. The lowest BCUT2D eigenvalue weighted by molar-refractivity contribution is 0.650. The van der Waals surface area contributed by atoms with Crippen LogP contribution in [0, 0.1) is 17.8 Å². The van der Waals surface area contributed by atoms with Crippen LogP contribution in [0.1, 0.15) is 48.0 Å². The summed E-state index contributed by atoms with van der Waals surface area (Å²) in [5.74, 6) is 1.85. The molecule has 86 valence electrons. The summed E-state index contributed by atoms with van der Waals surface area (Å²) in [7, 11) is 0. The van der Waals surface area contributed by atoms with Crippen molar-refractivity contribution in [2.24, 2.45) is 22.7 Å². The molecule has 0 atom stereocenters. The quantitative estimate of drug-likeness (QED) is 0.661. The Balaban J connectivity index is 3.15. The normalized spacial score (nSPS) is 18.1. The third kappa shape index (κ3) is 2.70. The van der Waals surface area contributed by atoms with Gasteiger partial charge in [0.1, 0.15) is 0 Å². The molecule has 0 aromatic rings. The fourth-order valence-corrected chi connectivity index (χ4v) is 2.44. The Morgan fingerprint density at radius 2 is 1.47 bits per heavy atom. The molecule has 1 nitrogen and oxygen atoms in total. The first-order valence-corrected chi connectivity index (χ1v) is 6.22. The van der Waals surface area contributed by atoms with Gasteiger partial charge in [-0.25, -0.2) is 0 Å². The van der Waals surface area contributed by atoms with Gasteiger partial charge in [0.15, 0.2) is 0 Å². The first-order chi connectivity index (χ1) is 6.95. The van der Waals surface area contributed by atoms with E-state index in [1.807, 2.05) is 0 Å². The van der Waals surface area contributed by atoms with Crippen LogP contribution in [0.5, 0.6) is 0 Å². The predicted molar refractivity (Wildman–Crippen MR) is 68.5 cm³/mol. The van der Waals surface area contributed by atoms with Crippen molar-refractivity contribution in [1.82, 2.24) is 0 Å². The van der Waals surface area contributed by atoms with Gasteiger partial charge in [-0.15, -0.1) is 0 Å². The molecule has 0 aromatic heterocycles. The van der Waals surface area contributed by atoms with Crippen LogP contribution in [0.25, 0.3) is 0 Å². The van der Waals surface area contributed by atoms with E-state index in [0.717, 1.165) is 6.54 Å². The third-order valence-electron chi connectivity index (χ3n) is 3.11. The van der Waals surface area contributed by atoms with Crippen LogP contribution >= 0.6 is 0 Å². The van der Waals surface area contributed by atoms with E-state index in [9.17, 15) is 0 Å². The van der Waals surface area contributed by atoms with E-state index in [1.165, 1.54) is 12.1 Å². The van der Waals surface area contributed by atoms with Gasteiger partial charge in [-0.1, -0.05) is 47.1 Å². The number of aliphatic imine (C=N–C) groups is 1. The van der Waals surface area contributed by atoms with Crippen LogP contribution in [0.3, 0.4) is 0 Å². The van der Waals surface area contributed by atoms with Crippen LogP contribution in [0.4, 0.5) is 0 Å². The van der Waals surface area contributed by atoms with Crippen molar-refractivity contribution >= 4 is 5.71 Å². The highest BCUT2D eigenvalue weighted by Gasteiger charge is 2.23. The lowest BCUT2D eigenvalue weighted by atomic mass is 9.81. The molecule has 0 spiro atoms. The van der Waals surface area contributed by atoms with Crippen molar-refractivity contribution in [2.45, 2.75) is 48.0 Å². The Morgan fingerprint density at radius 1 is 0.867 bits per heavy atom. The van der Waals surface area contributed by atoms with Crippen LogP contribution < -0.4 is 0 Å². The second-order valence-electron chi connectivity index (χ2n) is 5.42. The lowest BCUT2D eigenvalue weighted by Gasteiger charge is -2.28. The molecule has 1 rings (SSSR count). The molecule has 0 fully saturated rings. The molecule has 0 aliphatic carbocycles. The van der Waals surface area contributed by atoms with Gasteiger partial charge in [-0.3, -0.25) is 4.99 Å². The van der Waals surface area contributed by atoms with Crippen molar-refractivity contribution in [3.63, 3.8) is 0 Å². The number of hydrogen-bond donors (Lipinski definition) is 0. The first kappa shape index (κ1) is 12.5. The maximum atomic E-state index is 4.72. The average Bonchev–Trinajstić information content (AvgIpc) is 2.16. The Kier molecular flexibility index (Phi) is 4.12. The van der Waals surface area contributed by atoms with Gasteiger partial charge in [0.25, 0.3) is 0 Å². The van der Waals surface area contributed by atoms with Gasteiger partial charge < -0.3 is 0 Å². The molecule has 0 unspecified atom stereocenters. The van der Waals surface area contributed by atoms with Crippen LogP contribution in [0.2, 0.25) is 0 Å². The minimum absolute atomic E-state index is 0.566. The van der Waals surface area contributed by atoms with E-state index in [1.54, 1.807) is 11.1 Å². The highest BCUT2D eigenvalue weighted by molar-refractivity contribution is 6.03. The van der Waals surface area contributed by atoms with E-state index < -0.39 is 0 Å². The van der Waals surface area contributed by atoms with Gasteiger partial charge in [0.2, 0.25) is 0 Å². The Bertz CT molecular complexity index is 280.